The van der Waals surface area contributed by atoms with Crippen molar-refractivity contribution in [2.75, 3.05) is 18.6 Å². The highest BCUT2D eigenvalue weighted by atomic mass is 16.6. The fraction of sp³-hybridized carbons (Fsp3) is 0.440. The maximum atomic E-state index is 13.9. The van der Waals surface area contributed by atoms with Crippen LogP contribution >= 0.6 is 0 Å². The quantitative estimate of drug-likeness (QED) is 0.534. The Bertz CT molecular complexity index is 1110. The predicted octanol–water partition coefficient (Wildman–Crippen LogP) is 3.57. The van der Waals surface area contributed by atoms with E-state index in [1.165, 1.54) is 12.1 Å². The van der Waals surface area contributed by atoms with E-state index in [0.717, 1.165) is 12.0 Å². The molecule has 0 radical (unpaired) electrons. The molecule has 4 rings (SSSR count). The van der Waals surface area contributed by atoms with Gasteiger partial charge in [0.05, 0.1) is 12.0 Å². The highest BCUT2D eigenvalue weighted by Gasteiger charge is 2.45. The maximum absolute atomic E-state index is 13.9. The van der Waals surface area contributed by atoms with Crippen LogP contribution in [0.3, 0.4) is 0 Å². The number of hydrogen-bond donors (Lipinski definition) is 1. The van der Waals surface area contributed by atoms with Crippen LogP contribution in [-0.2, 0) is 16.1 Å². The fourth-order valence-corrected chi connectivity index (χ4v) is 4.75. The third kappa shape index (κ3) is 4.55. The van der Waals surface area contributed by atoms with Gasteiger partial charge < -0.3 is 19.9 Å². The first kappa shape index (κ1) is 23.5. The molecule has 2 unspecified atom stereocenters. The molecule has 2 aliphatic heterocycles. The van der Waals surface area contributed by atoms with E-state index in [1.54, 1.807) is 18.1 Å². The van der Waals surface area contributed by atoms with Gasteiger partial charge >= 0.3 is 0 Å². The molecule has 0 aromatic heterocycles. The summed E-state index contributed by atoms with van der Waals surface area (Å²) < 4.78 is 5.24. The molecule has 2 aromatic rings. The van der Waals surface area contributed by atoms with Crippen molar-refractivity contribution in [3.63, 3.8) is 0 Å². The molecule has 0 spiro atoms. The Kier molecular flexibility index (Phi) is 6.20. The second-order valence-corrected chi connectivity index (χ2v) is 9.81. The van der Waals surface area contributed by atoms with E-state index >= 15 is 0 Å². The lowest BCUT2D eigenvalue weighted by Gasteiger charge is -2.33. The number of carbonyl (C=O) groups is 2. The number of anilines is 1. The zero-order chi connectivity index (χ0) is 24.6. The molecule has 2 aromatic carbocycles. The van der Waals surface area contributed by atoms with Gasteiger partial charge in [0.1, 0.15) is 17.8 Å². The first-order valence-electron chi connectivity index (χ1n) is 11.4. The highest BCUT2D eigenvalue weighted by molar-refractivity contribution is 5.96. The van der Waals surface area contributed by atoms with Crippen LogP contribution < -0.4 is 15.0 Å². The molecule has 9 heteroatoms. The van der Waals surface area contributed by atoms with Crippen LogP contribution in [0.2, 0.25) is 0 Å². The van der Waals surface area contributed by atoms with Gasteiger partial charge in [-0.1, -0.05) is 12.1 Å². The number of nitro groups is 1. The van der Waals surface area contributed by atoms with E-state index in [9.17, 15) is 19.7 Å². The molecule has 0 bridgehead atoms. The average molecular weight is 467 g/mol. The molecule has 1 fully saturated rings. The number of carbonyl (C=O) groups excluding carboxylic acids is 2. The smallest absolute Gasteiger partial charge is 0.269 e. The summed E-state index contributed by atoms with van der Waals surface area (Å²) in [5.74, 6) is 0.175. The second-order valence-electron chi connectivity index (χ2n) is 9.81. The maximum Gasteiger partial charge on any atom is 0.269 e. The summed E-state index contributed by atoms with van der Waals surface area (Å²) >= 11 is 0. The number of nitro benzene ring substituents is 1. The average Bonchev–Trinajstić information content (AvgIpc) is 3.24. The highest BCUT2D eigenvalue weighted by Crippen LogP contribution is 2.42. The Morgan fingerprint density at radius 2 is 1.91 bits per heavy atom. The van der Waals surface area contributed by atoms with Crippen LogP contribution in [0.15, 0.2) is 42.5 Å². The number of hydrogen-bond acceptors (Lipinski definition) is 6. The summed E-state index contributed by atoms with van der Waals surface area (Å²) in [7, 11) is 1.58. The Balaban J connectivity index is 1.86. The number of non-ortho nitro benzene ring substituents is 1. The van der Waals surface area contributed by atoms with Crippen LogP contribution in [0.5, 0.6) is 5.75 Å². The van der Waals surface area contributed by atoms with E-state index in [-0.39, 0.29) is 24.0 Å². The summed E-state index contributed by atoms with van der Waals surface area (Å²) in [6.07, 6.45) is 1.50. The van der Waals surface area contributed by atoms with E-state index in [1.807, 2.05) is 49.9 Å². The summed E-state index contributed by atoms with van der Waals surface area (Å²) in [5.41, 5.74) is 1.35. The van der Waals surface area contributed by atoms with Gasteiger partial charge in [-0.25, -0.2) is 0 Å². The zero-order valence-electron chi connectivity index (χ0n) is 19.9. The molecular weight excluding hydrogens is 436 g/mol. The molecule has 9 nitrogen and oxygen atoms in total. The van der Waals surface area contributed by atoms with Gasteiger partial charge in [-0.15, -0.1) is 0 Å². The first-order valence-corrected chi connectivity index (χ1v) is 11.4. The van der Waals surface area contributed by atoms with E-state index < -0.39 is 22.5 Å². The summed E-state index contributed by atoms with van der Waals surface area (Å²) in [6, 6.07) is 10.5. The van der Waals surface area contributed by atoms with Crippen LogP contribution in [0.25, 0.3) is 0 Å². The van der Waals surface area contributed by atoms with Crippen molar-refractivity contribution in [2.45, 2.75) is 57.8 Å². The van der Waals surface area contributed by atoms with Crippen LogP contribution in [0, 0.1) is 10.1 Å². The molecule has 0 aliphatic carbocycles. The van der Waals surface area contributed by atoms with Crippen LogP contribution in [0.1, 0.15) is 50.8 Å². The summed E-state index contributed by atoms with van der Waals surface area (Å²) in [4.78, 5) is 42.2. The molecule has 2 atom stereocenters. The predicted molar refractivity (Wildman–Crippen MR) is 128 cm³/mol. The largest absolute Gasteiger partial charge is 0.497 e. The van der Waals surface area contributed by atoms with Gasteiger partial charge in [0.25, 0.3) is 5.69 Å². The third-order valence-electron chi connectivity index (χ3n) is 6.22. The van der Waals surface area contributed by atoms with Crippen molar-refractivity contribution < 1.29 is 19.2 Å². The van der Waals surface area contributed by atoms with Crippen LogP contribution in [-0.4, -0.2) is 46.9 Å². The van der Waals surface area contributed by atoms with Crippen molar-refractivity contribution >= 4 is 23.2 Å². The van der Waals surface area contributed by atoms with Gasteiger partial charge in [-0.05, 0) is 57.4 Å². The van der Waals surface area contributed by atoms with Gasteiger partial charge in [-0.3, -0.25) is 19.7 Å². The molecule has 34 heavy (non-hydrogen) atoms. The van der Waals surface area contributed by atoms with Gasteiger partial charge in [-0.2, -0.15) is 0 Å². The minimum absolute atomic E-state index is 0.109. The topological polar surface area (TPSA) is 105 Å². The van der Waals surface area contributed by atoms with Crippen molar-refractivity contribution in [2.24, 2.45) is 0 Å². The van der Waals surface area contributed by atoms with Crippen molar-refractivity contribution in [3.05, 3.63) is 63.7 Å². The number of nitrogens with one attached hydrogen (secondary N) is 1. The lowest BCUT2D eigenvalue weighted by atomic mass is 9.98. The molecule has 1 N–H and O–H groups in total. The molecule has 2 amide bonds. The molecule has 0 saturated carbocycles. The Morgan fingerprint density at radius 1 is 1.21 bits per heavy atom. The van der Waals surface area contributed by atoms with Crippen LogP contribution in [0.4, 0.5) is 11.4 Å². The van der Waals surface area contributed by atoms with Crippen molar-refractivity contribution in [1.82, 2.24) is 10.2 Å². The van der Waals surface area contributed by atoms with E-state index in [0.29, 0.717) is 30.0 Å². The first-order chi connectivity index (χ1) is 16.1. The standard InChI is InChI=1S/C25H30N4O5/c1-25(2,3)26-23(30)22-19-14-17(29(32)33)9-12-20(19)27-13-5-6-21(27)24(31)28(22)15-16-7-10-18(34-4)11-8-16/h7-12,14,21-22H,5-6,13,15H2,1-4H3,(H,26,30). The van der Waals surface area contributed by atoms with Crippen molar-refractivity contribution in [3.8, 4) is 5.75 Å². The molecule has 1 saturated heterocycles. The second kappa shape index (κ2) is 8.96. The number of rotatable bonds is 5. The SMILES string of the molecule is COc1ccc(CN2C(=O)C3CCCN3c3ccc([N+](=O)[O-])cc3C2C(=O)NC(C)(C)C)cc1. The Morgan fingerprint density at radius 3 is 2.53 bits per heavy atom. The van der Waals surface area contributed by atoms with E-state index in [2.05, 4.69) is 5.32 Å². The third-order valence-corrected chi connectivity index (χ3v) is 6.22. The normalized spacial score (nSPS) is 19.8. The van der Waals surface area contributed by atoms with E-state index in [4.69, 9.17) is 4.74 Å². The number of amides is 2. The fourth-order valence-electron chi connectivity index (χ4n) is 4.75. The van der Waals surface area contributed by atoms with Gasteiger partial charge in [0.15, 0.2) is 0 Å². The lowest BCUT2D eigenvalue weighted by Crippen LogP contribution is -2.50. The zero-order valence-corrected chi connectivity index (χ0v) is 19.9. The lowest BCUT2D eigenvalue weighted by molar-refractivity contribution is -0.384. The number of nitrogens with zero attached hydrogens (tertiary/aromatic N) is 3. The molecular formula is C25H30N4O5. The number of methoxy groups -OCH3 is 1. The number of benzene rings is 2. The Hall–Kier alpha value is -3.62. The Labute approximate surface area is 198 Å². The monoisotopic (exact) mass is 466 g/mol. The minimum atomic E-state index is -1.01. The summed E-state index contributed by atoms with van der Waals surface area (Å²) in [6.45, 7) is 6.44. The van der Waals surface area contributed by atoms with Gasteiger partial charge in [0.2, 0.25) is 11.8 Å². The van der Waals surface area contributed by atoms with Crippen molar-refractivity contribution in [1.29, 1.82) is 0 Å². The molecule has 180 valence electrons. The summed E-state index contributed by atoms with van der Waals surface area (Å²) in [5, 5.41) is 14.6. The molecule has 2 heterocycles. The number of fused-ring (bicyclic) bond motifs is 3. The van der Waals surface area contributed by atoms with Gasteiger partial charge in [0, 0.05) is 42.0 Å². The minimum Gasteiger partial charge on any atom is -0.497 e. The molecule has 2 aliphatic rings. The number of ether oxygens (including phenoxy) is 1.